The summed E-state index contributed by atoms with van der Waals surface area (Å²) in [4.78, 5) is 24.9. The SMILES string of the molecule is CCOC(=O)c1c(C)c2c(n1Cc1ccc(C)cc1)CSCC2=O. The first-order valence-electron chi connectivity index (χ1n) is 8.08. The Kier molecular flexibility index (Phi) is 4.81. The quantitative estimate of drug-likeness (QED) is 0.793. The predicted octanol–water partition coefficient (Wildman–Crippen LogP) is 3.76. The Labute approximate surface area is 146 Å². The third-order valence-electron chi connectivity index (χ3n) is 4.30. The number of carbonyl (C=O) groups excluding carboxylic acids is 2. The summed E-state index contributed by atoms with van der Waals surface area (Å²) in [5.41, 5.74) is 5.22. The Hall–Kier alpha value is -2.01. The van der Waals surface area contributed by atoms with Gasteiger partial charge >= 0.3 is 5.97 Å². The minimum Gasteiger partial charge on any atom is -0.461 e. The summed E-state index contributed by atoms with van der Waals surface area (Å²) in [6.07, 6.45) is 0. The van der Waals surface area contributed by atoms with Gasteiger partial charge in [0.05, 0.1) is 12.4 Å². The third kappa shape index (κ3) is 3.00. The van der Waals surface area contributed by atoms with Crippen LogP contribution < -0.4 is 0 Å². The van der Waals surface area contributed by atoms with Gasteiger partial charge in [-0.3, -0.25) is 4.79 Å². The smallest absolute Gasteiger partial charge is 0.355 e. The van der Waals surface area contributed by atoms with Gasteiger partial charge in [0.15, 0.2) is 5.78 Å². The van der Waals surface area contributed by atoms with Crippen LogP contribution in [0.4, 0.5) is 0 Å². The molecular formula is C19H21NO3S. The van der Waals surface area contributed by atoms with E-state index < -0.39 is 0 Å². The molecule has 0 amide bonds. The molecule has 0 aliphatic carbocycles. The van der Waals surface area contributed by atoms with Crippen LogP contribution in [-0.2, 0) is 17.0 Å². The van der Waals surface area contributed by atoms with Crippen molar-refractivity contribution in [2.24, 2.45) is 0 Å². The highest BCUT2D eigenvalue weighted by Gasteiger charge is 2.31. The summed E-state index contributed by atoms with van der Waals surface area (Å²) < 4.78 is 7.21. The van der Waals surface area contributed by atoms with Crippen molar-refractivity contribution >= 4 is 23.5 Å². The lowest BCUT2D eigenvalue weighted by Crippen LogP contribution is -2.17. The van der Waals surface area contributed by atoms with E-state index >= 15 is 0 Å². The number of hydrogen-bond donors (Lipinski definition) is 0. The van der Waals surface area contributed by atoms with Gasteiger partial charge < -0.3 is 9.30 Å². The van der Waals surface area contributed by atoms with Gasteiger partial charge in [-0.05, 0) is 31.9 Å². The molecule has 5 heteroatoms. The monoisotopic (exact) mass is 343 g/mol. The molecule has 2 heterocycles. The molecule has 1 aromatic heterocycles. The lowest BCUT2D eigenvalue weighted by atomic mass is 10.1. The highest BCUT2D eigenvalue weighted by atomic mass is 32.2. The number of esters is 1. The second-order valence-corrected chi connectivity index (χ2v) is 6.99. The number of rotatable bonds is 4. The van der Waals surface area contributed by atoms with Crippen LogP contribution >= 0.6 is 11.8 Å². The van der Waals surface area contributed by atoms with Gasteiger partial charge in [-0.25, -0.2) is 4.79 Å². The predicted molar refractivity (Wildman–Crippen MR) is 95.9 cm³/mol. The maximum absolute atomic E-state index is 12.5. The van der Waals surface area contributed by atoms with Crippen LogP contribution in [0.2, 0.25) is 0 Å². The van der Waals surface area contributed by atoms with Crippen LogP contribution in [0, 0.1) is 13.8 Å². The fraction of sp³-hybridized carbons (Fsp3) is 0.368. The van der Waals surface area contributed by atoms with Crippen LogP contribution in [0.25, 0.3) is 0 Å². The van der Waals surface area contributed by atoms with Crippen molar-refractivity contribution in [3.8, 4) is 0 Å². The molecule has 4 nitrogen and oxygen atoms in total. The van der Waals surface area contributed by atoms with Crippen LogP contribution in [-0.4, -0.2) is 28.7 Å². The van der Waals surface area contributed by atoms with Crippen LogP contribution in [0.1, 0.15) is 50.2 Å². The Morgan fingerprint density at radius 1 is 1.21 bits per heavy atom. The number of ether oxygens (including phenoxy) is 1. The van der Waals surface area contributed by atoms with E-state index in [9.17, 15) is 9.59 Å². The fourth-order valence-electron chi connectivity index (χ4n) is 3.15. The number of thioether (sulfide) groups is 1. The summed E-state index contributed by atoms with van der Waals surface area (Å²) in [7, 11) is 0. The van der Waals surface area contributed by atoms with E-state index in [0.29, 0.717) is 30.2 Å². The largest absolute Gasteiger partial charge is 0.461 e. The molecule has 1 aromatic carbocycles. The third-order valence-corrected chi connectivity index (χ3v) is 5.24. The summed E-state index contributed by atoms with van der Waals surface area (Å²) >= 11 is 1.60. The summed E-state index contributed by atoms with van der Waals surface area (Å²) in [6.45, 7) is 6.58. The lowest BCUT2D eigenvalue weighted by molar-refractivity contribution is 0.0513. The van der Waals surface area contributed by atoms with Gasteiger partial charge in [0.2, 0.25) is 0 Å². The van der Waals surface area contributed by atoms with Gasteiger partial charge in [0.25, 0.3) is 0 Å². The Bertz CT molecular complexity index is 790. The zero-order chi connectivity index (χ0) is 17.3. The topological polar surface area (TPSA) is 48.3 Å². The van der Waals surface area contributed by atoms with Crippen molar-refractivity contribution in [1.29, 1.82) is 0 Å². The minimum absolute atomic E-state index is 0.104. The Balaban J connectivity index is 2.11. The molecule has 1 aliphatic heterocycles. The van der Waals surface area contributed by atoms with Gasteiger partial charge in [-0.15, -0.1) is 11.8 Å². The highest BCUT2D eigenvalue weighted by molar-refractivity contribution is 7.99. The molecular weight excluding hydrogens is 322 g/mol. The Morgan fingerprint density at radius 3 is 2.58 bits per heavy atom. The second-order valence-electron chi connectivity index (χ2n) is 6.00. The number of hydrogen-bond acceptors (Lipinski definition) is 4. The number of nitrogens with zero attached hydrogens (tertiary/aromatic N) is 1. The first-order chi connectivity index (χ1) is 11.5. The van der Waals surface area contributed by atoms with Crippen molar-refractivity contribution in [3.63, 3.8) is 0 Å². The van der Waals surface area contributed by atoms with E-state index in [4.69, 9.17) is 4.74 Å². The molecule has 1 aliphatic rings. The van der Waals surface area contributed by atoms with Crippen LogP contribution in [0.3, 0.4) is 0 Å². The lowest BCUT2D eigenvalue weighted by Gasteiger charge is -2.16. The number of Topliss-reactive ketones (excluding diaryl/α,β-unsaturated/α-hetero) is 1. The molecule has 0 saturated carbocycles. The maximum atomic E-state index is 12.5. The summed E-state index contributed by atoms with van der Waals surface area (Å²) in [5, 5.41) is 0. The maximum Gasteiger partial charge on any atom is 0.355 e. The number of aryl methyl sites for hydroxylation is 1. The molecule has 0 N–H and O–H groups in total. The van der Waals surface area contributed by atoms with Gasteiger partial charge in [0.1, 0.15) is 5.69 Å². The zero-order valence-electron chi connectivity index (χ0n) is 14.2. The van der Waals surface area contributed by atoms with E-state index in [1.807, 2.05) is 18.4 Å². The molecule has 0 spiro atoms. The highest BCUT2D eigenvalue weighted by Crippen LogP contribution is 2.32. The van der Waals surface area contributed by atoms with E-state index in [2.05, 4.69) is 24.3 Å². The van der Waals surface area contributed by atoms with E-state index in [-0.39, 0.29) is 11.8 Å². The van der Waals surface area contributed by atoms with Gasteiger partial charge in [-0.2, -0.15) is 0 Å². The minimum atomic E-state index is -0.352. The number of fused-ring (bicyclic) bond motifs is 1. The van der Waals surface area contributed by atoms with Crippen molar-refractivity contribution in [2.45, 2.75) is 33.1 Å². The zero-order valence-corrected chi connectivity index (χ0v) is 15.0. The number of aromatic nitrogens is 1. The molecule has 2 aromatic rings. The van der Waals surface area contributed by atoms with E-state index in [0.717, 1.165) is 22.6 Å². The first kappa shape index (κ1) is 16.8. The fourth-order valence-corrected chi connectivity index (χ4v) is 4.08. The van der Waals surface area contributed by atoms with Crippen molar-refractivity contribution < 1.29 is 14.3 Å². The molecule has 0 atom stereocenters. The number of ketones is 1. The molecule has 0 saturated heterocycles. The number of carbonyl (C=O) groups is 2. The normalized spacial score (nSPS) is 13.7. The van der Waals surface area contributed by atoms with Crippen LogP contribution in [0.15, 0.2) is 24.3 Å². The van der Waals surface area contributed by atoms with Crippen LogP contribution in [0.5, 0.6) is 0 Å². The second kappa shape index (κ2) is 6.85. The number of benzene rings is 1. The first-order valence-corrected chi connectivity index (χ1v) is 9.24. The standard InChI is InChI=1S/C19H21NO3S/c1-4-23-19(22)18-13(3)17-15(10-24-11-16(17)21)20(18)9-14-7-5-12(2)6-8-14/h5-8H,4,9-11H2,1-3H3. The summed E-state index contributed by atoms with van der Waals surface area (Å²) in [5.74, 6) is 0.971. The molecule has 0 radical (unpaired) electrons. The van der Waals surface area contributed by atoms with Crippen molar-refractivity contribution in [2.75, 3.05) is 12.4 Å². The van der Waals surface area contributed by atoms with E-state index in [1.54, 1.807) is 18.7 Å². The summed E-state index contributed by atoms with van der Waals surface area (Å²) in [6, 6.07) is 8.23. The van der Waals surface area contributed by atoms with Crippen molar-refractivity contribution in [1.82, 2.24) is 4.57 Å². The van der Waals surface area contributed by atoms with Gasteiger partial charge in [0, 0.05) is 23.6 Å². The van der Waals surface area contributed by atoms with E-state index in [1.165, 1.54) is 5.56 Å². The Morgan fingerprint density at radius 2 is 1.92 bits per heavy atom. The molecule has 0 unspecified atom stereocenters. The molecule has 3 rings (SSSR count). The molecule has 0 fully saturated rings. The molecule has 24 heavy (non-hydrogen) atoms. The average Bonchev–Trinajstić information content (AvgIpc) is 2.83. The average molecular weight is 343 g/mol. The molecule has 0 bridgehead atoms. The van der Waals surface area contributed by atoms with Crippen molar-refractivity contribution in [3.05, 3.63) is 57.9 Å². The van der Waals surface area contributed by atoms with Gasteiger partial charge in [-0.1, -0.05) is 29.8 Å². The molecule has 126 valence electrons.